The molecule has 0 aromatic heterocycles. The molecule has 1 saturated carbocycles. The Morgan fingerprint density at radius 3 is 2.60 bits per heavy atom. The van der Waals surface area contributed by atoms with E-state index in [0.29, 0.717) is 51.6 Å². The number of amides is 1. The van der Waals surface area contributed by atoms with E-state index < -0.39 is 40.9 Å². The number of morpholine rings is 1. The lowest BCUT2D eigenvalue weighted by Crippen LogP contribution is -2.51. The van der Waals surface area contributed by atoms with Gasteiger partial charge in [-0.25, -0.2) is 13.2 Å². The van der Waals surface area contributed by atoms with Crippen molar-refractivity contribution in [1.29, 1.82) is 0 Å². The Kier molecular flexibility index (Phi) is 12.2. The molecule has 4 fully saturated rings. The second-order valence-corrected chi connectivity index (χ2v) is 14.6. The number of benzene rings is 2. The van der Waals surface area contributed by atoms with Gasteiger partial charge in [0.15, 0.2) is 6.29 Å². The number of nitrogens with zero attached hydrogens (tertiary/aromatic N) is 2. The number of aliphatic hydroxyl groups excluding tert-OH is 1. The van der Waals surface area contributed by atoms with Crippen LogP contribution in [0.25, 0.3) is 0 Å². The standard InChI is InChI=1S/C34H47N3O10S/c38-31(30(21-25-7-2-1-3-8-25)35-34(39)46-32-24-45-33-29(32)13-17-44-33)23-37(47-26-9-4-5-10-26)48(40,41)28-12-6-11-27(22-28)43-20-16-36-14-18-42-19-15-36/h1-3,6-8,11-12,22,26,29-33,38H,4-5,9-10,13-21,23-24H2,(H,35,39)/t29-,30-,31+,32?,33+/m0/s1. The lowest BCUT2D eigenvalue weighted by Gasteiger charge is -2.31. The van der Waals surface area contributed by atoms with E-state index in [1.165, 1.54) is 12.1 Å². The molecule has 6 rings (SSSR count). The van der Waals surface area contributed by atoms with Crippen LogP contribution in [-0.2, 0) is 40.2 Å². The first kappa shape index (κ1) is 35.0. The molecule has 5 atom stereocenters. The molecule has 0 bridgehead atoms. The van der Waals surface area contributed by atoms with Crippen molar-refractivity contribution in [3.63, 3.8) is 0 Å². The third-order valence-corrected chi connectivity index (χ3v) is 11.0. The number of aliphatic hydroxyl groups is 1. The number of ether oxygens (including phenoxy) is 5. The zero-order valence-electron chi connectivity index (χ0n) is 27.2. The second kappa shape index (κ2) is 16.7. The average molecular weight is 690 g/mol. The van der Waals surface area contributed by atoms with Crippen LogP contribution in [0, 0.1) is 5.92 Å². The Hall–Kier alpha value is -2.82. The molecule has 3 aliphatic heterocycles. The third kappa shape index (κ3) is 9.24. The summed E-state index contributed by atoms with van der Waals surface area (Å²) < 4.78 is 57.4. The van der Waals surface area contributed by atoms with Crippen LogP contribution in [0.3, 0.4) is 0 Å². The molecule has 1 unspecified atom stereocenters. The molecule has 0 spiro atoms. The number of hydrogen-bond acceptors (Lipinski definition) is 11. The normalized spacial score (nSPS) is 24.8. The van der Waals surface area contributed by atoms with Gasteiger partial charge >= 0.3 is 6.09 Å². The first-order valence-corrected chi connectivity index (χ1v) is 18.4. The maximum absolute atomic E-state index is 14.1. The van der Waals surface area contributed by atoms with Crippen LogP contribution >= 0.6 is 0 Å². The fourth-order valence-electron chi connectivity index (χ4n) is 6.62. The number of carbonyl (C=O) groups excluding carboxylic acids is 1. The van der Waals surface area contributed by atoms with Gasteiger partial charge in [0.05, 0.1) is 62.0 Å². The third-order valence-electron chi connectivity index (χ3n) is 9.37. The molecule has 14 heteroatoms. The number of hydroxylamine groups is 1. The van der Waals surface area contributed by atoms with E-state index in [-0.39, 0.29) is 36.2 Å². The van der Waals surface area contributed by atoms with Gasteiger partial charge in [-0.05, 0) is 43.4 Å². The van der Waals surface area contributed by atoms with E-state index >= 15 is 0 Å². The summed E-state index contributed by atoms with van der Waals surface area (Å²) in [4.78, 5) is 21.5. The number of hydrogen-bond donors (Lipinski definition) is 2. The average Bonchev–Trinajstić information content (AvgIpc) is 3.86. The molecule has 2 aromatic carbocycles. The van der Waals surface area contributed by atoms with Gasteiger partial charge < -0.3 is 34.1 Å². The number of sulfonamides is 1. The number of alkyl carbamates (subject to hydrolysis) is 1. The van der Waals surface area contributed by atoms with Gasteiger partial charge in [0, 0.05) is 25.7 Å². The van der Waals surface area contributed by atoms with Crippen molar-refractivity contribution in [2.75, 3.05) is 59.2 Å². The Morgan fingerprint density at radius 2 is 1.81 bits per heavy atom. The molecule has 2 N–H and O–H groups in total. The largest absolute Gasteiger partial charge is 0.492 e. The van der Waals surface area contributed by atoms with Crippen LogP contribution < -0.4 is 10.1 Å². The number of rotatable bonds is 15. The molecule has 4 aliphatic rings. The van der Waals surface area contributed by atoms with E-state index in [9.17, 15) is 18.3 Å². The minimum absolute atomic E-state index is 0.0156. The summed E-state index contributed by atoms with van der Waals surface area (Å²) in [6.45, 7) is 4.49. The predicted molar refractivity (Wildman–Crippen MR) is 174 cm³/mol. The van der Waals surface area contributed by atoms with Crippen LogP contribution in [0.1, 0.15) is 37.7 Å². The molecule has 48 heavy (non-hydrogen) atoms. The summed E-state index contributed by atoms with van der Waals surface area (Å²) in [6, 6.07) is 14.8. The van der Waals surface area contributed by atoms with Crippen molar-refractivity contribution in [2.45, 2.75) is 74.1 Å². The molecule has 13 nitrogen and oxygen atoms in total. The highest BCUT2D eigenvalue weighted by Gasteiger charge is 2.44. The Bertz CT molecular complexity index is 1420. The highest BCUT2D eigenvalue weighted by Crippen LogP contribution is 2.33. The second-order valence-electron chi connectivity index (χ2n) is 12.8. The fraction of sp³-hybridized carbons (Fsp3) is 0.618. The summed E-state index contributed by atoms with van der Waals surface area (Å²) >= 11 is 0. The maximum atomic E-state index is 14.1. The number of fused-ring (bicyclic) bond motifs is 1. The molecule has 3 saturated heterocycles. The van der Waals surface area contributed by atoms with Crippen molar-refractivity contribution in [3.8, 4) is 5.75 Å². The van der Waals surface area contributed by atoms with Crippen molar-refractivity contribution >= 4 is 16.1 Å². The summed E-state index contributed by atoms with van der Waals surface area (Å²) in [5.74, 6) is 0.371. The monoisotopic (exact) mass is 689 g/mol. The molecule has 1 aliphatic carbocycles. The minimum Gasteiger partial charge on any atom is -0.492 e. The summed E-state index contributed by atoms with van der Waals surface area (Å²) in [6.07, 6.45) is 1.00. The van der Waals surface area contributed by atoms with Gasteiger partial charge in [0.2, 0.25) is 0 Å². The minimum atomic E-state index is -4.25. The van der Waals surface area contributed by atoms with E-state index in [0.717, 1.165) is 42.4 Å². The molecule has 0 radical (unpaired) electrons. The number of nitrogens with one attached hydrogen (secondary N) is 1. The van der Waals surface area contributed by atoms with Crippen LogP contribution in [0.5, 0.6) is 5.75 Å². The Balaban J connectivity index is 1.16. The van der Waals surface area contributed by atoms with Gasteiger partial charge in [-0.1, -0.05) is 53.7 Å². The molecular formula is C34H47N3O10S. The van der Waals surface area contributed by atoms with Gasteiger partial charge in [-0.3, -0.25) is 9.74 Å². The van der Waals surface area contributed by atoms with Crippen LogP contribution in [0.4, 0.5) is 4.79 Å². The van der Waals surface area contributed by atoms with E-state index in [1.807, 2.05) is 30.3 Å². The Labute approximate surface area is 282 Å². The highest BCUT2D eigenvalue weighted by molar-refractivity contribution is 7.89. The lowest BCUT2D eigenvalue weighted by atomic mass is 10.0. The Morgan fingerprint density at radius 1 is 1.02 bits per heavy atom. The van der Waals surface area contributed by atoms with E-state index in [1.54, 1.807) is 12.1 Å². The van der Waals surface area contributed by atoms with E-state index in [2.05, 4.69) is 10.2 Å². The van der Waals surface area contributed by atoms with Crippen molar-refractivity contribution in [2.24, 2.45) is 5.92 Å². The van der Waals surface area contributed by atoms with Crippen molar-refractivity contribution in [3.05, 3.63) is 60.2 Å². The lowest BCUT2D eigenvalue weighted by molar-refractivity contribution is -0.145. The van der Waals surface area contributed by atoms with Crippen LogP contribution in [-0.4, -0.2) is 119 Å². The summed E-state index contributed by atoms with van der Waals surface area (Å²) in [5.41, 5.74) is 0.850. The van der Waals surface area contributed by atoms with Gasteiger partial charge in [-0.2, -0.15) is 0 Å². The fourth-order valence-corrected chi connectivity index (χ4v) is 7.95. The van der Waals surface area contributed by atoms with Crippen molar-refractivity contribution in [1.82, 2.24) is 14.7 Å². The van der Waals surface area contributed by atoms with Crippen LogP contribution in [0.2, 0.25) is 0 Å². The molecule has 2 aromatic rings. The first-order chi connectivity index (χ1) is 23.3. The molecule has 3 heterocycles. The maximum Gasteiger partial charge on any atom is 0.407 e. The molecule has 1 amide bonds. The smallest absolute Gasteiger partial charge is 0.407 e. The topological polar surface area (TPSA) is 145 Å². The SMILES string of the molecule is O=C(N[C@@H](Cc1ccccc1)[C@H](O)CN(OC1CCCC1)S(=O)(=O)c1cccc(OCCN2CCOCC2)c1)OC1CO[C@H]2OCC[C@@H]12. The molecular weight excluding hydrogens is 642 g/mol. The van der Waals surface area contributed by atoms with Gasteiger partial charge in [-0.15, -0.1) is 0 Å². The first-order valence-electron chi connectivity index (χ1n) is 17.0. The highest BCUT2D eigenvalue weighted by atomic mass is 32.2. The summed E-state index contributed by atoms with van der Waals surface area (Å²) in [7, 11) is -4.25. The van der Waals surface area contributed by atoms with Gasteiger partial charge in [0.25, 0.3) is 10.0 Å². The zero-order chi connectivity index (χ0) is 33.3. The number of carbonyl (C=O) groups is 1. The predicted octanol–water partition coefficient (Wildman–Crippen LogP) is 2.72. The summed E-state index contributed by atoms with van der Waals surface area (Å²) in [5, 5.41) is 14.4. The molecule has 264 valence electrons. The van der Waals surface area contributed by atoms with Gasteiger partial charge in [0.1, 0.15) is 18.5 Å². The van der Waals surface area contributed by atoms with Crippen LogP contribution in [0.15, 0.2) is 59.5 Å². The van der Waals surface area contributed by atoms with E-state index in [4.69, 9.17) is 28.5 Å². The zero-order valence-corrected chi connectivity index (χ0v) is 28.0. The van der Waals surface area contributed by atoms with Crippen molar-refractivity contribution < 1.29 is 46.8 Å². The quantitative estimate of drug-likeness (QED) is 0.266.